The van der Waals surface area contributed by atoms with Gasteiger partial charge in [0.25, 0.3) is 0 Å². The normalized spacial score (nSPS) is 15.4. The molecule has 36 heavy (non-hydrogen) atoms. The number of nitrogens with zero attached hydrogens (tertiary/aromatic N) is 1. The largest absolute Gasteiger partial charge is 0.309 e. The number of aromatic nitrogens is 1. The third-order valence-electron chi connectivity index (χ3n) is 6.51. The van der Waals surface area contributed by atoms with Crippen LogP contribution in [0.1, 0.15) is 44.2 Å². The molecule has 0 saturated heterocycles. The molecule has 0 amide bonds. The summed E-state index contributed by atoms with van der Waals surface area (Å²) < 4.78 is 78.8. The van der Waals surface area contributed by atoms with Gasteiger partial charge in [0.05, 0.1) is 23.4 Å². The molecule has 0 unspecified atom stereocenters. The van der Waals surface area contributed by atoms with Crippen molar-refractivity contribution in [3.63, 3.8) is 0 Å². The van der Waals surface area contributed by atoms with Crippen molar-refractivity contribution in [1.82, 2.24) is 4.57 Å². The number of hydrogen-bond donors (Lipinski definition) is 0. The first-order valence-electron chi connectivity index (χ1n) is 16.5. The van der Waals surface area contributed by atoms with E-state index in [1.54, 1.807) is 19.1 Å². The lowest BCUT2D eigenvalue weighted by molar-refractivity contribution is 0.594. The van der Waals surface area contributed by atoms with E-state index in [4.69, 9.17) is 12.3 Å². The third-order valence-corrected chi connectivity index (χ3v) is 6.51. The molecule has 0 saturated carbocycles. The molecule has 0 fully saturated rings. The summed E-state index contributed by atoms with van der Waals surface area (Å²) in [6.45, 7) is 7.99. The summed E-state index contributed by atoms with van der Waals surface area (Å²) >= 11 is 0. The van der Waals surface area contributed by atoms with Gasteiger partial charge >= 0.3 is 0 Å². The Morgan fingerprint density at radius 1 is 0.667 bits per heavy atom. The molecule has 0 N–H and O–H groups in total. The molecular weight excluding hydrogens is 434 g/mol. The van der Waals surface area contributed by atoms with Gasteiger partial charge in [0.15, 0.2) is 0 Å². The van der Waals surface area contributed by atoms with Crippen molar-refractivity contribution in [2.24, 2.45) is 0 Å². The molecule has 0 aliphatic carbocycles. The molecule has 1 nitrogen and oxygen atoms in total. The van der Waals surface area contributed by atoms with E-state index in [2.05, 4.69) is 37.5 Å². The molecule has 0 spiro atoms. The quantitative estimate of drug-likeness (QED) is 0.240. The highest BCUT2D eigenvalue weighted by atomic mass is 15.0. The van der Waals surface area contributed by atoms with Gasteiger partial charge in [-0.25, -0.2) is 0 Å². The van der Waals surface area contributed by atoms with Crippen LogP contribution in [-0.2, 0) is 5.41 Å². The van der Waals surface area contributed by atoms with Gasteiger partial charge in [-0.1, -0.05) is 117 Å². The fraction of sp³-hybridized carbons (Fsp3) is 0.143. The molecular formula is C35H31N. The minimum Gasteiger partial charge on any atom is -0.309 e. The van der Waals surface area contributed by atoms with Crippen molar-refractivity contribution in [2.45, 2.75) is 33.1 Å². The molecule has 0 atom stereocenters. The predicted octanol–water partition coefficient (Wildman–Crippen LogP) is 9.72. The Hall–Kier alpha value is -4.10. The zero-order chi connectivity index (χ0) is 32.7. The van der Waals surface area contributed by atoms with E-state index >= 15 is 0 Å². The molecule has 6 rings (SSSR count). The smallest absolute Gasteiger partial charge is 0.0632 e. The Balaban J connectivity index is 1.83. The molecule has 1 aromatic heterocycles. The van der Waals surface area contributed by atoms with Crippen molar-refractivity contribution in [3.05, 3.63) is 126 Å². The average molecular weight is 475 g/mol. The maximum absolute atomic E-state index is 8.90. The van der Waals surface area contributed by atoms with Gasteiger partial charge in [-0.05, 0) is 64.4 Å². The second-order valence-corrected chi connectivity index (χ2v) is 10.1. The van der Waals surface area contributed by atoms with Crippen molar-refractivity contribution in [3.8, 4) is 27.9 Å². The minimum absolute atomic E-state index is 0.00101. The van der Waals surface area contributed by atoms with E-state index in [1.165, 1.54) is 0 Å². The molecule has 0 aliphatic rings. The number of rotatable bonds is 3. The predicted molar refractivity (Wildman–Crippen MR) is 155 cm³/mol. The Kier molecular flexibility index (Phi) is 3.43. The summed E-state index contributed by atoms with van der Waals surface area (Å²) in [6.07, 6.45) is 0. The van der Waals surface area contributed by atoms with E-state index in [0.29, 0.717) is 16.8 Å². The first-order valence-corrected chi connectivity index (χ1v) is 12.0. The third kappa shape index (κ3) is 3.82. The van der Waals surface area contributed by atoms with Crippen LogP contribution in [0.15, 0.2) is 115 Å². The van der Waals surface area contributed by atoms with Crippen LogP contribution in [0, 0.1) is 6.92 Å². The second-order valence-electron chi connectivity index (χ2n) is 10.1. The van der Waals surface area contributed by atoms with E-state index in [0.717, 1.165) is 27.4 Å². The van der Waals surface area contributed by atoms with Crippen LogP contribution in [0.4, 0.5) is 0 Å². The Morgan fingerprint density at radius 2 is 1.36 bits per heavy atom. The minimum atomic E-state index is -0.496. The van der Waals surface area contributed by atoms with E-state index in [9.17, 15) is 0 Å². The van der Waals surface area contributed by atoms with Gasteiger partial charge < -0.3 is 4.57 Å². The maximum atomic E-state index is 8.90. The highest BCUT2D eigenvalue weighted by molar-refractivity contribution is 6.10. The first-order chi connectivity index (χ1) is 21.1. The highest BCUT2D eigenvalue weighted by Gasteiger charge is 2.22. The molecule has 1 heteroatoms. The monoisotopic (exact) mass is 474 g/mol. The maximum Gasteiger partial charge on any atom is 0.0632 e. The lowest BCUT2D eigenvalue weighted by Gasteiger charge is -2.22. The van der Waals surface area contributed by atoms with Crippen LogP contribution < -0.4 is 0 Å². The number of benzene rings is 5. The molecule has 1 heterocycles. The second kappa shape index (κ2) is 8.53. The van der Waals surface area contributed by atoms with Gasteiger partial charge in [-0.3, -0.25) is 0 Å². The highest BCUT2D eigenvalue weighted by Crippen LogP contribution is 2.40. The Morgan fingerprint density at radius 3 is 2.14 bits per heavy atom. The zero-order valence-corrected chi connectivity index (χ0v) is 20.7. The van der Waals surface area contributed by atoms with Crippen LogP contribution in [0.25, 0.3) is 49.7 Å². The van der Waals surface area contributed by atoms with Crippen LogP contribution in [0.5, 0.6) is 0 Å². The lowest BCUT2D eigenvalue weighted by atomic mass is 9.85. The average Bonchev–Trinajstić information content (AvgIpc) is 3.35. The fourth-order valence-electron chi connectivity index (χ4n) is 4.90. The van der Waals surface area contributed by atoms with Crippen LogP contribution >= 0.6 is 0 Å². The number of fused-ring (bicyclic) bond motifs is 3. The van der Waals surface area contributed by atoms with E-state index < -0.39 is 18.1 Å². The molecule has 6 aromatic rings. The topological polar surface area (TPSA) is 4.93 Å². The van der Waals surface area contributed by atoms with Gasteiger partial charge in [0.2, 0.25) is 0 Å². The van der Waals surface area contributed by atoms with Gasteiger partial charge in [-0.15, -0.1) is 0 Å². The number of hydrogen-bond acceptors (Lipinski definition) is 0. The van der Waals surface area contributed by atoms with Gasteiger partial charge in [0.1, 0.15) is 0 Å². The van der Waals surface area contributed by atoms with E-state index in [1.807, 2.05) is 36.4 Å². The van der Waals surface area contributed by atoms with Crippen molar-refractivity contribution in [2.75, 3.05) is 0 Å². The molecule has 176 valence electrons. The van der Waals surface area contributed by atoms with Gasteiger partial charge in [-0.2, -0.15) is 0 Å². The zero-order valence-electron chi connectivity index (χ0n) is 29.7. The summed E-state index contributed by atoms with van der Waals surface area (Å²) in [5, 5.41) is 2.04. The first kappa shape index (κ1) is 14.5. The molecule has 0 radical (unpaired) electrons. The van der Waals surface area contributed by atoms with E-state index in [-0.39, 0.29) is 58.4 Å². The summed E-state index contributed by atoms with van der Waals surface area (Å²) in [5.74, 6) is 0. The summed E-state index contributed by atoms with van der Waals surface area (Å²) in [6, 6.07) is 16.4. The summed E-state index contributed by atoms with van der Waals surface area (Å²) in [4.78, 5) is 0. The van der Waals surface area contributed by atoms with Gasteiger partial charge in [0, 0.05) is 16.5 Å². The Labute approximate surface area is 226 Å². The van der Waals surface area contributed by atoms with Crippen LogP contribution in [0.2, 0.25) is 0 Å². The Bertz CT molecular complexity index is 2060. The van der Waals surface area contributed by atoms with Crippen LogP contribution in [0.3, 0.4) is 0 Å². The molecule has 0 aliphatic heterocycles. The number of para-hydroxylation sites is 2. The molecule has 0 bridgehead atoms. The van der Waals surface area contributed by atoms with Crippen molar-refractivity contribution in [1.29, 1.82) is 0 Å². The standard InChI is InChI=1S/C35H31N/c1-24-12-10-15-26(20-24)28-21-27(25-13-6-5-7-14-25)22-29(23-28)36-33-19-9-8-16-30(33)31-17-11-18-32(34(31)36)35(2,3)4/h5-23H,1-4H3/i5D,6D,7D,10D,12D,13D,14D,15D,20D. The lowest BCUT2D eigenvalue weighted by Crippen LogP contribution is -2.13. The van der Waals surface area contributed by atoms with Crippen molar-refractivity contribution >= 4 is 21.8 Å². The SMILES string of the molecule is [2H]c1c([2H])c([2H])c(-c2cc(-c3c([2H])c([2H])c([2H])c(C)c3[2H])cc(-n3c4ccccc4c4cccc(C(C)(C)C)c43)c2)c([2H])c1[2H]. The van der Waals surface area contributed by atoms with Crippen molar-refractivity contribution < 1.29 is 12.3 Å². The van der Waals surface area contributed by atoms with Crippen LogP contribution in [-0.4, -0.2) is 4.57 Å². The fourth-order valence-corrected chi connectivity index (χ4v) is 4.90. The molecule has 5 aromatic carbocycles. The summed E-state index contributed by atoms with van der Waals surface area (Å²) in [5.41, 5.74) is 4.37. The summed E-state index contributed by atoms with van der Waals surface area (Å²) in [7, 11) is 0.